The Labute approximate surface area is 223 Å². The molecule has 9 heteroatoms. The predicted octanol–water partition coefficient (Wildman–Crippen LogP) is 6.31. The van der Waals surface area contributed by atoms with Crippen LogP contribution in [0.15, 0.2) is 42.5 Å². The van der Waals surface area contributed by atoms with Crippen LogP contribution in [0.2, 0.25) is 5.02 Å². The largest absolute Gasteiger partial charge is 0.417 e. The number of carbonyl (C=O) groups excluding carboxylic acids is 1. The number of benzene rings is 2. The SMILES string of the molecule is C.Cc1ccc(N2CCN(CCCC(=O)N3CCC(Nc4ccc(Cl)c(C(F)(F)F)c4)CC3)CC2)cc1. The number of aryl methyl sites for hydroxylation is 1. The first-order valence-corrected chi connectivity index (χ1v) is 13.0. The zero-order chi connectivity index (χ0) is 25.7. The number of amides is 1. The summed E-state index contributed by atoms with van der Waals surface area (Å²) in [4.78, 5) is 19.4. The van der Waals surface area contributed by atoms with Crippen molar-refractivity contribution in [3.05, 3.63) is 58.6 Å². The van der Waals surface area contributed by atoms with Crippen molar-refractivity contribution in [1.29, 1.82) is 0 Å². The number of rotatable bonds is 7. The molecule has 0 spiro atoms. The predicted molar refractivity (Wildman–Crippen MR) is 145 cm³/mol. The molecule has 4 rings (SSSR count). The maximum atomic E-state index is 13.1. The number of anilines is 2. The van der Waals surface area contributed by atoms with Crippen molar-refractivity contribution in [1.82, 2.24) is 9.80 Å². The number of hydrogen-bond acceptors (Lipinski definition) is 4. The van der Waals surface area contributed by atoms with Gasteiger partial charge in [0, 0.05) is 63.1 Å². The molecule has 2 fully saturated rings. The normalized spacial score (nSPS) is 17.4. The number of likely N-dealkylation sites (tertiary alicyclic amines) is 1. The van der Waals surface area contributed by atoms with E-state index in [1.54, 1.807) is 6.07 Å². The number of nitrogens with zero attached hydrogens (tertiary/aromatic N) is 3. The van der Waals surface area contributed by atoms with Crippen molar-refractivity contribution >= 4 is 28.9 Å². The van der Waals surface area contributed by atoms with Gasteiger partial charge in [0.2, 0.25) is 5.91 Å². The first kappa shape index (κ1) is 29.1. The van der Waals surface area contributed by atoms with Gasteiger partial charge in [0.1, 0.15) is 0 Å². The second-order valence-electron chi connectivity index (χ2n) is 9.76. The van der Waals surface area contributed by atoms with E-state index in [1.807, 2.05) is 4.90 Å². The van der Waals surface area contributed by atoms with Crippen molar-refractivity contribution in [2.45, 2.75) is 52.3 Å². The van der Waals surface area contributed by atoms with Gasteiger partial charge in [-0.3, -0.25) is 9.69 Å². The highest BCUT2D eigenvalue weighted by Gasteiger charge is 2.33. The average Bonchev–Trinajstić information content (AvgIpc) is 2.86. The molecule has 0 radical (unpaired) electrons. The van der Waals surface area contributed by atoms with Crippen molar-refractivity contribution in [2.75, 3.05) is 56.0 Å². The van der Waals surface area contributed by atoms with Crippen LogP contribution in [-0.4, -0.2) is 67.6 Å². The molecule has 204 valence electrons. The summed E-state index contributed by atoms with van der Waals surface area (Å²) in [6.45, 7) is 8.24. The third kappa shape index (κ3) is 8.01. The summed E-state index contributed by atoms with van der Waals surface area (Å²) >= 11 is 5.71. The number of carbonyl (C=O) groups is 1. The number of alkyl halides is 3. The number of piperidine rings is 1. The highest BCUT2D eigenvalue weighted by molar-refractivity contribution is 6.31. The van der Waals surface area contributed by atoms with Crippen LogP contribution < -0.4 is 10.2 Å². The molecule has 1 amide bonds. The molecule has 2 saturated heterocycles. The van der Waals surface area contributed by atoms with E-state index in [-0.39, 0.29) is 24.4 Å². The first-order chi connectivity index (χ1) is 17.2. The van der Waals surface area contributed by atoms with Gasteiger partial charge in [0.15, 0.2) is 0 Å². The maximum Gasteiger partial charge on any atom is 0.417 e. The fourth-order valence-corrected chi connectivity index (χ4v) is 5.16. The van der Waals surface area contributed by atoms with Gasteiger partial charge < -0.3 is 15.1 Å². The van der Waals surface area contributed by atoms with E-state index in [2.05, 4.69) is 46.3 Å². The van der Waals surface area contributed by atoms with Crippen molar-refractivity contribution in [2.24, 2.45) is 0 Å². The first-order valence-electron chi connectivity index (χ1n) is 12.6. The molecule has 2 aliphatic rings. The summed E-state index contributed by atoms with van der Waals surface area (Å²) in [6.07, 6.45) is -1.71. The Kier molecular flexibility index (Phi) is 10.1. The number of hydrogen-bond donors (Lipinski definition) is 1. The van der Waals surface area contributed by atoms with E-state index in [9.17, 15) is 18.0 Å². The van der Waals surface area contributed by atoms with Crippen LogP contribution in [-0.2, 0) is 11.0 Å². The fraction of sp³-hybridized carbons (Fsp3) is 0.536. The molecule has 0 bridgehead atoms. The number of nitrogens with one attached hydrogen (secondary N) is 1. The summed E-state index contributed by atoms with van der Waals surface area (Å²) in [7, 11) is 0. The monoisotopic (exact) mass is 538 g/mol. The van der Waals surface area contributed by atoms with Gasteiger partial charge in [0.25, 0.3) is 0 Å². The van der Waals surface area contributed by atoms with Crippen LogP contribution in [0.3, 0.4) is 0 Å². The lowest BCUT2D eigenvalue weighted by atomic mass is 10.0. The summed E-state index contributed by atoms with van der Waals surface area (Å²) in [5, 5.41) is 2.87. The van der Waals surface area contributed by atoms with Gasteiger partial charge in [-0.15, -0.1) is 0 Å². The number of halogens is 4. The molecule has 0 aliphatic carbocycles. The molecule has 2 heterocycles. The molecular weight excluding hydrogens is 501 g/mol. The molecule has 0 atom stereocenters. The van der Waals surface area contributed by atoms with E-state index in [0.717, 1.165) is 45.2 Å². The Bertz CT molecular complexity index is 1020. The third-order valence-electron chi connectivity index (χ3n) is 7.13. The lowest BCUT2D eigenvalue weighted by molar-refractivity contribution is -0.137. The minimum atomic E-state index is -4.49. The summed E-state index contributed by atoms with van der Waals surface area (Å²) in [5.41, 5.74) is 2.10. The van der Waals surface area contributed by atoms with Gasteiger partial charge in [0.05, 0.1) is 10.6 Å². The van der Waals surface area contributed by atoms with Gasteiger partial charge in [-0.2, -0.15) is 13.2 Å². The molecular formula is C28H38ClF3N4O. The molecule has 5 nitrogen and oxygen atoms in total. The van der Waals surface area contributed by atoms with Crippen molar-refractivity contribution in [3.63, 3.8) is 0 Å². The Hall–Kier alpha value is -2.45. The van der Waals surface area contributed by atoms with Crippen LogP contribution in [0.25, 0.3) is 0 Å². The van der Waals surface area contributed by atoms with Crippen LogP contribution in [0.5, 0.6) is 0 Å². The molecule has 0 unspecified atom stereocenters. The molecule has 1 N–H and O–H groups in total. The lowest BCUT2D eigenvalue weighted by Gasteiger charge is -2.36. The van der Waals surface area contributed by atoms with Gasteiger partial charge in [-0.05, 0) is 63.1 Å². The second-order valence-corrected chi connectivity index (χ2v) is 10.2. The molecule has 37 heavy (non-hydrogen) atoms. The van der Waals surface area contributed by atoms with Crippen molar-refractivity contribution < 1.29 is 18.0 Å². The smallest absolute Gasteiger partial charge is 0.382 e. The van der Waals surface area contributed by atoms with E-state index in [0.29, 0.717) is 38.0 Å². The van der Waals surface area contributed by atoms with Crippen LogP contribution in [0.4, 0.5) is 24.5 Å². The fourth-order valence-electron chi connectivity index (χ4n) is 4.94. The molecule has 0 aromatic heterocycles. The Balaban J connectivity index is 0.00000380. The Morgan fingerprint density at radius 2 is 1.65 bits per heavy atom. The zero-order valence-electron chi connectivity index (χ0n) is 20.7. The summed E-state index contributed by atoms with van der Waals surface area (Å²) in [5.74, 6) is 0.164. The topological polar surface area (TPSA) is 38.8 Å². The van der Waals surface area contributed by atoms with Gasteiger partial charge in [-0.25, -0.2) is 0 Å². The van der Waals surface area contributed by atoms with E-state index < -0.39 is 11.7 Å². The molecule has 0 saturated carbocycles. The van der Waals surface area contributed by atoms with E-state index >= 15 is 0 Å². The zero-order valence-corrected chi connectivity index (χ0v) is 21.4. The molecule has 2 aromatic rings. The van der Waals surface area contributed by atoms with Crippen LogP contribution in [0, 0.1) is 6.92 Å². The summed E-state index contributed by atoms with van der Waals surface area (Å²) < 4.78 is 39.3. The Morgan fingerprint density at radius 1 is 1.00 bits per heavy atom. The molecule has 2 aromatic carbocycles. The quantitative estimate of drug-likeness (QED) is 0.448. The highest BCUT2D eigenvalue weighted by Crippen LogP contribution is 2.36. The van der Waals surface area contributed by atoms with Gasteiger partial charge >= 0.3 is 6.18 Å². The minimum absolute atomic E-state index is 0. The Morgan fingerprint density at radius 3 is 2.27 bits per heavy atom. The standard InChI is InChI=1S/C27H34ClF3N4O.CH4/c1-20-4-7-23(8-5-20)34-17-15-33(16-18-34)12-2-3-26(36)35-13-10-21(11-14-35)32-22-6-9-25(28)24(19-22)27(29,30)31;/h4-9,19,21,32H,2-3,10-18H2,1H3;1H4. The lowest BCUT2D eigenvalue weighted by Crippen LogP contribution is -2.47. The summed E-state index contributed by atoms with van der Waals surface area (Å²) in [6, 6.07) is 12.6. The van der Waals surface area contributed by atoms with Crippen LogP contribution in [0.1, 0.15) is 44.2 Å². The second kappa shape index (κ2) is 12.9. The van der Waals surface area contributed by atoms with Gasteiger partial charge in [-0.1, -0.05) is 36.7 Å². The maximum absolute atomic E-state index is 13.1. The van der Waals surface area contributed by atoms with Crippen LogP contribution >= 0.6 is 11.6 Å². The molecule has 2 aliphatic heterocycles. The number of piperazine rings is 1. The van der Waals surface area contributed by atoms with E-state index in [4.69, 9.17) is 11.6 Å². The van der Waals surface area contributed by atoms with E-state index in [1.165, 1.54) is 17.3 Å². The minimum Gasteiger partial charge on any atom is -0.382 e. The van der Waals surface area contributed by atoms with Crippen molar-refractivity contribution in [3.8, 4) is 0 Å². The highest BCUT2D eigenvalue weighted by atomic mass is 35.5. The third-order valence-corrected chi connectivity index (χ3v) is 7.46. The average molecular weight is 539 g/mol.